The van der Waals surface area contributed by atoms with E-state index in [1.807, 2.05) is 0 Å². The summed E-state index contributed by atoms with van der Waals surface area (Å²) in [6.07, 6.45) is 7.82. The molecular formula is C10H12FNO. The van der Waals surface area contributed by atoms with Gasteiger partial charge in [-0.25, -0.2) is 4.39 Å². The first-order chi connectivity index (χ1) is 5.97. The Morgan fingerprint density at radius 3 is 2.62 bits per heavy atom. The quantitative estimate of drug-likeness (QED) is 0.450. The van der Waals surface area contributed by atoms with E-state index in [1.54, 1.807) is 6.92 Å². The molecule has 2 atom stereocenters. The van der Waals surface area contributed by atoms with Crippen molar-refractivity contribution in [2.75, 3.05) is 0 Å². The number of rotatable bonds is 1. The fourth-order valence-corrected chi connectivity index (χ4v) is 0.903. The summed E-state index contributed by atoms with van der Waals surface area (Å²) in [5.41, 5.74) is -2.32. The molecule has 1 heterocycles. The molecule has 0 aromatic heterocycles. The number of carbonyl (C=O) groups is 1. The molecule has 0 radical (unpaired) electrons. The highest BCUT2D eigenvalue weighted by atomic mass is 19.1. The average Bonchev–Trinajstić information content (AvgIpc) is 2.08. The van der Waals surface area contributed by atoms with E-state index in [2.05, 4.69) is 4.99 Å². The van der Waals surface area contributed by atoms with E-state index in [-0.39, 0.29) is 0 Å². The van der Waals surface area contributed by atoms with Crippen molar-refractivity contribution in [3.8, 4) is 0 Å². The van der Waals surface area contributed by atoms with Crippen molar-refractivity contribution >= 4 is 12.5 Å². The Balaban J connectivity index is 3.05. The third-order valence-electron chi connectivity index (χ3n) is 1.86. The number of hydrogen-bond acceptors (Lipinski definition) is 2. The van der Waals surface area contributed by atoms with Gasteiger partial charge in [-0.15, -0.1) is 0 Å². The Morgan fingerprint density at radius 2 is 2.00 bits per heavy atom. The van der Waals surface area contributed by atoms with Crippen molar-refractivity contribution < 1.29 is 9.18 Å². The van der Waals surface area contributed by atoms with Crippen LogP contribution < -0.4 is 0 Å². The molecule has 0 aliphatic carbocycles. The van der Waals surface area contributed by atoms with Crippen molar-refractivity contribution in [1.29, 1.82) is 0 Å². The average molecular weight is 181 g/mol. The second-order valence-electron chi connectivity index (χ2n) is 3.56. The van der Waals surface area contributed by atoms with Gasteiger partial charge in [0.15, 0.2) is 0 Å². The van der Waals surface area contributed by atoms with Crippen LogP contribution in [0.3, 0.4) is 0 Å². The number of nitrogens with zero attached hydrogens (tertiary/aromatic N) is 1. The summed E-state index contributed by atoms with van der Waals surface area (Å²) in [5, 5.41) is 0. The van der Waals surface area contributed by atoms with Gasteiger partial charge in [0, 0.05) is 12.4 Å². The lowest BCUT2D eigenvalue weighted by molar-refractivity contribution is -0.111. The Morgan fingerprint density at radius 1 is 1.31 bits per heavy atom. The molecule has 1 aliphatic rings. The van der Waals surface area contributed by atoms with E-state index in [0.29, 0.717) is 0 Å². The number of hydrogen-bond donors (Lipinski definition) is 0. The minimum absolute atomic E-state index is 0.738. The monoisotopic (exact) mass is 181 g/mol. The minimum atomic E-state index is -1.53. The second kappa shape index (κ2) is 3.24. The maximum absolute atomic E-state index is 13.4. The van der Waals surface area contributed by atoms with Crippen LogP contribution in [0.1, 0.15) is 13.8 Å². The van der Waals surface area contributed by atoms with Crippen LogP contribution in [0.15, 0.2) is 29.4 Å². The van der Waals surface area contributed by atoms with Gasteiger partial charge in [-0.2, -0.15) is 0 Å². The van der Waals surface area contributed by atoms with Crippen molar-refractivity contribution in [3.05, 3.63) is 24.4 Å². The van der Waals surface area contributed by atoms with Crippen LogP contribution >= 0.6 is 0 Å². The van der Waals surface area contributed by atoms with E-state index in [0.717, 1.165) is 6.29 Å². The standard InChI is InChI=1S/C10H12FNO/c1-9(8-13)3-4-10(2,11)5-6-12-7-9/h3-8H,1-2H3/b4-3-,6-5-,12-7?. The van der Waals surface area contributed by atoms with E-state index in [1.165, 1.54) is 37.6 Å². The molecule has 0 aromatic rings. The van der Waals surface area contributed by atoms with Crippen molar-refractivity contribution in [2.24, 2.45) is 10.4 Å². The van der Waals surface area contributed by atoms with E-state index in [4.69, 9.17) is 0 Å². The van der Waals surface area contributed by atoms with Gasteiger partial charge in [0.2, 0.25) is 0 Å². The van der Waals surface area contributed by atoms with Gasteiger partial charge in [0.05, 0.1) is 5.41 Å². The molecule has 1 rings (SSSR count). The van der Waals surface area contributed by atoms with E-state index in [9.17, 15) is 9.18 Å². The molecular weight excluding hydrogens is 169 g/mol. The summed E-state index contributed by atoms with van der Waals surface area (Å²) in [6, 6.07) is 0. The van der Waals surface area contributed by atoms with Gasteiger partial charge < -0.3 is 4.79 Å². The molecule has 2 unspecified atom stereocenters. The number of halogens is 1. The van der Waals surface area contributed by atoms with Crippen LogP contribution in [0.2, 0.25) is 0 Å². The molecule has 0 aromatic carbocycles. The first kappa shape index (κ1) is 9.84. The molecule has 0 amide bonds. The Labute approximate surface area is 76.9 Å². The van der Waals surface area contributed by atoms with Gasteiger partial charge in [-0.3, -0.25) is 4.99 Å². The smallest absolute Gasteiger partial charge is 0.146 e. The molecule has 0 N–H and O–H groups in total. The summed E-state index contributed by atoms with van der Waals surface area (Å²) < 4.78 is 13.4. The molecule has 2 nitrogen and oxygen atoms in total. The Kier molecular flexibility index (Phi) is 2.45. The van der Waals surface area contributed by atoms with Crippen LogP contribution in [0, 0.1) is 5.41 Å². The number of alkyl halides is 1. The second-order valence-corrected chi connectivity index (χ2v) is 3.56. The Hall–Kier alpha value is -1.25. The van der Waals surface area contributed by atoms with Crippen LogP contribution in [-0.4, -0.2) is 18.2 Å². The first-order valence-electron chi connectivity index (χ1n) is 4.05. The third-order valence-corrected chi connectivity index (χ3v) is 1.86. The molecule has 0 saturated carbocycles. The van der Waals surface area contributed by atoms with Crippen LogP contribution in [0.25, 0.3) is 0 Å². The molecule has 70 valence electrons. The fraction of sp³-hybridized carbons (Fsp3) is 0.400. The molecule has 0 saturated heterocycles. The lowest BCUT2D eigenvalue weighted by Crippen LogP contribution is -2.20. The summed E-state index contributed by atoms with van der Waals surface area (Å²) >= 11 is 0. The first-order valence-corrected chi connectivity index (χ1v) is 4.05. The predicted molar refractivity (Wildman–Crippen MR) is 50.5 cm³/mol. The lowest BCUT2D eigenvalue weighted by Gasteiger charge is -2.17. The lowest BCUT2D eigenvalue weighted by atomic mass is 9.91. The van der Waals surface area contributed by atoms with Crippen molar-refractivity contribution in [2.45, 2.75) is 19.5 Å². The highest BCUT2D eigenvalue weighted by Gasteiger charge is 2.22. The third kappa shape index (κ3) is 2.61. The minimum Gasteiger partial charge on any atom is -0.302 e. The van der Waals surface area contributed by atoms with Crippen molar-refractivity contribution in [1.82, 2.24) is 0 Å². The van der Waals surface area contributed by atoms with Gasteiger partial charge in [0.1, 0.15) is 12.0 Å². The largest absolute Gasteiger partial charge is 0.302 e. The maximum Gasteiger partial charge on any atom is 0.146 e. The zero-order valence-corrected chi connectivity index (χ0v) is 7.70. The van der Waals surface area contributed by atoms with Crippen LogP contribution in [0.5, 0.6) is 0 Å². The highest BCUT2D eigenvalue weighted by molar-refractivity contribution is 5.89. The van der Waals surface area contributed by atoms with Crippen molar-refractivity contribution in [3.63, 3.8) is 0 Å². The zero-order valence-electron chi connectivity index (χ0n) is 7.70. The predicted octanol–water partition coefficient (Wildman–Crippen LogP) is 2.07. The van der Waals surface area contributed by atoms with E-state index < -0.39 is 11.1 Å². The summed E-state index contributed by atoms with van der Waals surface area (Å²) in [6.45, 7) is 3.08. The number of carbonyl (C=O) groups excluding carboxylic acids is 1. The summed E-state index contributed by atoms with van der Waals surface area (Å²) in [5.74, 6) is 0. The Bertz CT molecular complexity index is 291. The molecule has 3 heteroatoms. The SMILES string of the molecule is CC1(C=O)C=N/C=C\C(C)(F)/C=C\1. The maximum atomic E-state index is 13.4. The molecule has 0 bridgehead atoms. The number of aldehydes is 1. The zero-order chi connectivity index (χ0) is 9.95. The van der Waals surface area contributed by atoms with Gasteiger partial charge in [-0.1, -0.05) is 6.08 Å². The van der Waals surface area contributed by atoms with Gasteiger partial charge in [-0.05, 0) is 26.0 Å². The van der Waals surface area contributed by atoms with E-state index >= 15 is 0 Å². The number of aliphatic imine (C=N–C) groups is 1. The van der Waals surface area contributed by atoms with Gasteiger partial charge >= 0.3 is 0 Å². The topological polar surface area (TPSA) is 29.4 Å². The van der Waals surface area contributed by atoms with Crippen LogP contribution in [0.4, 0.5) is 4.39 Å². The molecule has 0 fully saturated rings. The summed E-state index contributed by atoms with van der Waals surface area (Å²) in [7, 11) is 0. The number of allylic oxidation sites excluding steroid dienone is 3. The normalized spacial score (nSPS) is 43.3. The summed E-state index contributed by atoms with van der Waals surface area (Å²) in [4.78, 5) is 14.5. The van der Waals surface area contributed by atoms with Gasteiger partial charge in [0.25, 0.3) is 0 Å². The highest BCUT2D eigenvalue weighted by Crippen LogP contribution is 2.21. The molecule has 0 spiro atoms. The molecule has 1 aliphatic heterocycles. The molecule has 13 heavy (non-hydrogen) atoms. The fourth-order valence-electron chi connectivity index (χ4n) is 0.903. The van der Waals surface area contributed by atoms with Crippen LogP contribution in [-0.2, 0) is 4.79 Å².